The summed E-state index contributed by atoms with van der Waals surface area (Å²) >= 11 is 10.5. The number of thioether (sulfide) groups is 3. The molecule has 0 saturated heterocycles. The van der Waals surface area contributed by atoms with Crippen molar-refractivity contribution in [2.75, 3.05) is 123 Å². The quantitative estimate of drug-likeness (QED) is 0.0266. The molecule has 0 N–H and O–H groups in total. The molecule has 0 aliphatic rings. The Morgan fingerprint density at radius 2 is 0.510 bits per heavy atom. The Morgan fingerprint density at radius 1 is 0.265 bits per heavy atom. The average molecular weight is 1160 g/mol. The Balaban J connectivity index is 3.04. The third-order valence-electron chi connectivity index (χ3n) is 3.78. The van der Waals surface area contributed by atoms with Crippen molar-refractivity contribution >= 4 is 283 Å². The summed E-state index contributed by atoms with van der Waals surface area (Å²) in [6.07, 6.45) is 0. The molecule has 49 heavy (non-hydrogen) atoms. The maximum atomic E-state index is 4.21. The standard InChI is InChI=1S/C23H48S26/c1-2-28-29-9-3-25-4-10-30-31-11-5-26-8-14-36-42-21-44-48-46-23-47-49-45-22-43-38-18-17-37-41-20-40-35-13-7-27-6-12-32-33-15-16-34-39-19-24/h24H,2-23H2,1H3. The molecule has 0 heterocycles. The molecule has 0 bridgehead atoms. The lowest BCUT2D eigenvalue weighted by atomic mass is 10.9. The molecular weight excluding hydrogens is 1110 g/mol. The van der Waals surface area contributed by atoms with E-state index in [1.54, 1.807) is 0 Å². The van der Waals surface area contributed by atoms with Gasteiger partial charge in [-0.1, -0.05) is 223 Å². The smallest absolute Gasteiger partial charge is 0.0616 e. The van der Waals surface area contributed by atoms with Gasteiger partial charge in [-0.2, -0.15) is 47.9 Å². The van der Waals surface area contributed by atoms with Crippen LogP contribution in [0, 0.1) is 0 Å². The van der Waals surface area contributed by atoms with E-state index in [0.717, 1.165) is 10.2 Å². The van der Waals surface area contributed by atoms with E-state index in [4.69, 9.17) is 0 Å². The van der Waals surface area contributed by atoms with Gasteiger partial charge in [-0.25, -0.2) is 0 Å². The molecule has 296 valence electrons. The van der Waals surface area contributed by atoms with Crippen LogP contribution in [-0.4, -0.2) is 123 Å². The lowest BCUT2D eigenvalue weighted by molar-refractivity contribution is 1.49. The van der Waals surface area contributed by atoms with Gasteiger partial charge in [0.25, 0.3) is 0 Å². The summed E-state index contributed by atoms with van der Waals surface area (Å²) in [5.74, 6) is 21.6. The molecule has 0 aromatic carbocycles. The topological polar surface area (TPSA) is 0 Å². The zero-order valence-corrected chi connectivity index (χ0v) is 48.5. The van der Waals surface area contributed by atoms with Gasteiger partial charge >= 0.3 is 0 Å². The monoisotopic (exact) mass is 1160 g/mol. The first kappa shape index (κ1) is 58.1. The zero-order chi connectivity index (χ0) is 35.2. The molecule has 0 saturated carbocycles. The molecule has 0 aliphatic carbocycles. The predicted molar refractivity (Wildman–Crippen MR) is 312 cm³/mol. The van der Waals surface area contributed by atoms with Gasteiger partial charge in [-0.15, -0.1) is 0 Å². The van der Waals surface area contributed by atoms with E-state index in [0.29, 0.717) is 0 Å². The van der Waals surface area contributed by atoms with Crippen LogP contribution in [0.1, 0.15) is 6.92 Å². The van der Waals surface area contributed by atoms with E-state index in [9.17, 15) is 0 Å². The summed E-state index contributed by atoms with van der Waals surface area (Å²) < 4.78 is 0. The van der Waals surface area contributed by atoms with Crippen molar-refractivity contribution in [3.05, 3.63) is 0 Å². The van der Waals surface area contributed by atoms with Gasteiger partial charge in [0, 0.05) is 103 Å². The highest BCUT2D eigenvalue weighted by Crippen LogP contribution is 2.46. The van der Waals surface area contributed by atoms with Gasteiger partial charge < -0.3 is 0 Å². The molecule has 0 radical (unpaired) electrons. The van der Waals surface area contributed by atoms with Crippen molar-refractivity contribution in [3.63, 3.8) is 0 Å². The maximum absolute atomic E-state index is 4.21. The minimum Gasteiger partial charge on any atom is -0.167 e. The Labute approximate surface area is 406 Å². The third kappa shape index (κ3) is 57.1. The second-order valence-electron chi connectivity index (χ2n) is 7.26. The molecule has 26 heteroatoms. The normalized spacial score (nSPS) is 11.6. The number of hydrogen-bond acceptors (Lipinski definition) is 26. The summed E-state index contributed by atoms with van der Waals surface area (Å²) in [6, 6.07) is 0. The molecule has 0 amide bonds. The van der Waals surface area contributed by atoms with Crippen LogP contribution in [0.25, 0.3) is 0 Å². The van der Waals surface area contributed by atoms with E-state index < -0.39 is 0 Å². The van der Waals surface area contributed by atoms with Crippen molar-refractivity contribution in [1.29, 1.82) is 0 Å². The lowest BCUT2D eigenvalue weighted by Crippen LogP contribution is -1.89. The number of hydrogen-bond donors (Lipinski definition) is 1. The zero-order valence-electron chi connectivity index (χ0n) is 27.2. The summed E-state index contributed by atoms with van der Waals surface area (Å²) in [7, 11) is 44.1. The maximum Gasteiger partial charge on any atom is 0.0616 e. The van der Waals surface area contributed by atoms with E-state index in [2.05, 4.69) is 76.4 Å². The molecule has 0 nitrogen and oxygen atoms in total. The van der Waals surface area contributed by atoms with Crippen LogP contribution in [0.4, 0.5) is 0 Å². The first-order valence-electron chi connectivity index (χ1n) is 14.5. The molecule has 0 spiro atoms. The van der Waals surface area contributed by atoms with Crippen molar-refractivity contribution in [2.45, 2.75) is 6.92 Å². The van der Waals surface area contributed by atoms with Crippen molar-refractivity contribution in [3.8, 4) is 0 Å². The second kappa shape index (κ2) is 57.1. The van der Waals surface area contributed by atoms with E-state index in [1.165, 1.54) is 113 Å². The average Bonchev–Trinajstić information content (AvgIpc) is 3.11. The fourth-order valence-corrected chi connectivity index (χ4v) is 38.6. The Hall–Kier alpha value is 9.10. The fraction of sp³-hybridized carbons (Fsp3) is 1.00. The van der Waals surface area contributed by atoms with Crippen molar-refractivity contribution in [2.24, 2.45) is 0 Å². The minimum atomic E-state index is 0.917. The molecule has 0 unspecified atom stereocenters. The molecular formula is C23H48S26. The van der Waals surface area contributed by atoms with Crippen LogP contribution in [0.2, 0.25) is 0 Å². The van der Waals surface area contributed by atoms with Crippen LogP contribution >= 0.6 is 283 Å². The number of rotatable bonds is 46. The van der Waals surface area contributed by atoms with Crippen molar-refractivity contribution < 1.29 is 0 Å². The van der Waals surface area contributed by atoms with Gasteiger partial charge in [-0.05, 0) is 19.7 Å². The lowest BCUT2D eigenvalue weighted by Gasteiger charge is -2.03. The first-order chi connectivity index (χ1) is 24.4. The first-order valence-corrected chi connectivity index (χ1v) is 46.2. The molecule has 0 rings (SSSR count). The van der Waals surface area contributed by atoms with Gasteiger partial charge in [-0.3, -0.25) is 0 Å². The van der Waals surface area contributed by atoms with Gasteiger partial charge in [0.2, 0.25) is 0 Å². The highest BCUT2D eigenvalue weighted by atomic mass is 33.5. The molecule has 0 fully saturated rings. The van der Waals surface area contributed by atoms with E-state index >= 15 is 0 Å². The van der Waals surface area contributed by atoms with Crippen LogP contribution in [0.5, 0.6) is 0 Å². The fourth-order valence-electron chi connectivity index (χ4n) is 2.07. The summed E-state index contributed by atoms with van der Waals surface area (Å²) in [5.41, 5.74) is 0. The van der Waals surface area contributed by atoms with Gasteiger partial charge in [0.1, 0.15) is 0 Å². The van der Waals surface area contributed by atoms with E-state index in [-0.39, 0.29) is 0 Å². The molecule has 0 atom stereocenters. The largest absolute Gasteiger partial charge is 0.167 e. The van der Waals surface area contributed by atoms with Crippen molar-refractivity contribution in [1.82, 2.24) is 0 Å². The minimum absolute atomic E-state index is 0.917. The molecule has 0 aromatic rings. The van der Waals surface area contributed by atoms with Crippen LogP contribution in [0.15, 0.2) is 0 Å². The van der Waals surface area contributed by atoms with Gasteiger partial charge in [0.15, 0.2) is 0 Å². The summed E-state index contributed by atoms with van der Waals surface area (Å²) in [5, 5.41) is 5.62. The van der Waals surface area contributed by atoms with E-state index in [1.807, 2.05) is 214 Å². The highest BCUT2D eigenvalue weighted by Gasteiger charge is 2.00. The summed E-state index contributed by atoms with van der Waals surface area (Å²) in [4.78, 5) is 0. The van der Waals surface area contributed by atoms with Crippen LogP contribution in [0.3, 0.4) is 0 Å². The molecule has 0 aliphatic heterocycles. The van der Waals surface area contributed by atoms with Crippen LogP contribution in [-0.2, 0) is 0 Å². The SMILES string of the molecule is CCSSCCSCCSSCCSCCSSCSSSCSSSCSSCCSSCSSCCSCCSSCCSSCS. The van der Waals surface area contributed by atoms with Crippen LogP contribution < -0.4 is 0 Å². The number of thiol groups is 1. The summed E-state index contributed by atoms with van der Waals surface area (Å²) in [6.45, 7) is 2.23. The second-order valence-corrected chi connectivity index (χ2v) is 42.8. The Morgan fingerprint density at radius 3 is 0.837 bits per heavy atom. The highest BCUT2D eigenvalue weighted by molar-refractivity contribution is 9.15. The predicted octanol–water partition coefficient (Wildman–Crippen LogP) is 18.0. The molecule has 0 aromatic heterocycles. The van der Waals surface area contributed by atoms with Gasteiger partial charge in [0.05, 0.1) is 20.3 Å². The third-order valence-corrected chi connectivity index (χ3v) is 40.2. The Bertz CT molecular complexity index is 525. The Kier molecular flexibility index (Phi) is 67.7.